The van der Waals surface area contributed by atoms with Crippen LogP contribution in [-0.2, 0) is 0 Å². The zero-order chi connectivity index (χ0) is 10.7. The Labute approximate surface area is 101 Å². The fourth-order valence-corrected chi connectivity index (χ4v) is 3.42. The van der Waals surface area contributed by atoms with Crippen LogP contribution in [0.25, 0.3) is 0 Å². The van der Waals surface area contributed by atoms with Crippen molar-refractivity contribution in [3.8, 4) is 0 Å². The van der Waals surface area contributed by atoms with Crippen molar-refractivity contribution in [1.82, 2.24) is 5.43 Å². The van der Waals surface area contributed by atoms with E-state index in [9.17, 15) is 4.79 Å². The first-order valence-electron chi connectivity index (χ1n) is 3.49. The number of hydrogen-bond acceptors (Lipinski definition) is 3. The molecular formula is C7H6Br2N2O2S. The predicted octanol–water partition coefficient (Wildman–Crippen LogP) is 3.26. The molecule has 0 atom stereocenters. The lowest BCUT2D eigenvalue weighted by Gasteiger charge is -1.96. The SMILES string of the molecule is C/C(=N\NC(=O)O)c1sc(Br)cc1Br. The van der Waals surface area contributed by atoms with E-state index in [1.54, 1.807) is 6.92 Å². The molecule has 0 saturated carbocycles. The van der Waals surface area contributed by atoms with Crippen molar-refractivity contribution in [2.24, 2.45) is 5.10 Å². The van der Waals surface area contributed by atoms with Gasteiger partial charge in [-0.2, -0.15) is 5.10 Å². The molecule has 0 bridgehead atoms. The van der Waals surface area contributed by atoms with E-state index < -0.39 is 6.09 Å². The molecule has 0 unspecified atom stereocenters. The van der Waals surface area contributed by atoms with Crippen LogP contribution in [0.2, 0.25) is 0 Å². The summed E-state index contributed by atoms with van der Waals surface area (Å²) in [7, 11) is 0. The maximum absolute atomic E-state index is 10.2. The third kappa shape index (κ3) is 3.07. The van der Waals surface area contributed by atoms with Crippen molar-refractivity contribution in [3.63, 3.8) is 0 Å². The molecule has 0 aliphatic carbocycles. The summed E-state index contributed by atoms with van der Waals surface area (Å²) in [5.41, 5.74) is 2.58. The van der Waals surface area contributed by atoms with Crippen molar-refractivity contribution >= 4 is 55.0 Å². The summed E-state index contributed by atoms with van der Waals surface area (Å²) >= 11 is 8.16. The molecule has 0 fully saturated rings. The van der Waals surface area contributed by atoms with Gasteiger partial charge in [0.15, 0.2) is 0 Å². The van der Waals surface area contributed by atoms with Crippen LogP contribution in [0.4, 0.5) is 4.79 Å². The van der Waals surface area contributed by atoms with Crippen LogP contribution in [0, 0.1) is 0 Å². The van der Waals surface area contributed by atoms with Crippen molar-refractivity contribution in [2.45, 2.75) is 6.92 Å². The van der Waals surface area contributed by atoms with E-state index in [-0.39, 0.29) is 0 Å². The first kappa shape index (κ1) is 11.7. The summed E-state index contributed by atoms with van der Waals surface area (Å²) in [6.45, 7) is 1.74. The van der Waals surface area contributed by atoms with Crippen molar-refractivity contribution in [2.75, 3.05) is 0 Å². The normalized spacial score (nSPS) is 11.5. The Morgan fingerprint density at radius 2 is 2.29 bits per heavy atom. The number of amides is 1. The first-order valence-corrected chi connectivity index (χ1v) is 5.89. The lowest BCUT2D eigenvalue weighted by atomic mass is 10.3. The van der Waals surface area contributed by atoms with Gasteiger partial charge >= 0.3 is 6.09 Å². The van der Waals surface area contributed by atoms with E-state index in [0.29, 0.717) is 5.71 Å². The second-order valence-electron chi connectivity index (χ2n) is 2.34. The Hall–Kier alpha value is -0.400. The fraction of sp³-hybridized carbons (Fsp3) is 0.143. The van der Waals surface area contributed by atoms with Crippen molar-refractivity contribution in [3.05, 3.63) is 19.2 Å². The minimum absolute atomic E-state index is 0.620. The zero-order valence-corrected chi connectivity index (χ0v) is 11.0. The Balaban J connectivity index is 2.88. The van der Waals surface area contributed by atoms with Crippen molar-refractivity contribution in [1.29, 1.82) is 0 Å². The van der Waals surface area contributed by atoms with Gasteiger partial charge in [0, 0.05) is 4.47 Å². The number of nitrogens with zero attached hydrogens (tertiary/aromatic N) is 1. The molecule has 1 aromatic heterocycles. The van der Waals surface area contributed by atoms with Gasteiger partial charge in [0.25, 0.3) is 0 Å². The number of hydrogen-bond donors (Lipinski definition) is 2. The van der Waals surface area contributed by atoms with E-state index in [1.165, 1.54) is 11.3 Å². The van der Waals surface area contributed by atoms with Crippen LogP contribution < -0.4 is 5.43 Å². The number of rotatable bonds is 2. The largest absolute Gasteiger partial charge is 0.464 e. The van der Waals surface area contributed by atoms with Crippen LogP contribution in [0.3, 0.4) is 0 Å². The Morgan fingerprint density at radius 3 is 2.71 bits per heavy atom. The van der Waals surface area contributed by atoms with Crippen LogP contribution in [0.1, 0.15) is 11.8 Å². The summed E-state index contributed by atoms with van der Waals surface area (Å²) in [5.74, 6) is 0. The second kappa shape index (κ2) is 4.90. The van der Waals surface area contributed by atoms with Gasteiger partial charge in [0.2, 0.25) is 0 Å². The van der Waals surface area contributed by atoms with Gasteiger partial charge < -0.3 is 5.11 Å². The van der Waals surface area contributed by atoms with Crippen LogP contribution in [0.5, 0.6) is 0 Å². The summed E-state index contributed by atoms with van der Waals surface area (Å²) < 4.78 is 1.85. The number of nitrogens with one attached hydrogen (secondary N) is 1. The number of hydrazone groups is 1. The van der Waals surface area contributed by atoms with E-state index >= 15 is 0 Å². The highest BCUT2D eigenvalue weighted by atomic mass is 79.9. The zero-order valence-electron chi connectivity index (χ0n) is 7.04. The molecule has 0 aromatic carbocycles. The van der Waals surface area contributed by atoms with E-state index in [1.807, 2.05) is 11.5 Å². The summed E-state index contributed by atoms with van der Waals surface area (Å²) in [6, 6.07) is 1.89. The van der Waals surface area contributed by atoms with Crippen LogP contribution in [0.15, 0.2) is 19.4 Å². The minimum Gasteiger partial charge on any atom is -0.464 e. The molecule has 76 valence electrons. The molecule has 4 nitrogen and oxygen atoms in total. The number of thiophene rings is 1. The topological polar surface area (TPSA) is 61.7 Å². The molecule has 1 amide bonds. The van der Waals surface area contributed by atoms with Gasteiger partial charge in [-0.25, -0.2) is 10.2 Å². The average Bonchev–Trinajstić information content (AvgIpc) is 2.41. The van der Waals surface area contributed by atoms with E-state index in [2.05, 4.69) is 37.0 Å². The molecule has 0 saturated heterocycles. The molecular weight excluding hydrogens is 336 g/mol. The minimum atomic E-state index is -1.17. The van der Waals surface area contributed by atoms with Gasteiger partial charge in [-0.05, 0) is 44.8 Å². The Kier molecular flexibility index (Phi) is 4.09. The molecule has 2 N–H and O–H groups in total. The molecule has 0 radical (unpaired) electrons. The molecule has 7 heteroatoms. The molecule has 14 heavy (non-hydrogen) atoms. The number of carboxylic acid groups (broad SMARTS) is 1. The van der Waals surface area contributed by atoms with Crippen LogP contribution in [-0.4, -0.2) is 16.9 Å². The second-order valence-corrected chi connectivity index (χ2v) is 5.63. The molecule has 1 heterocycles. The highest BCUT2D eigenvalue weighted by molar-refractivity contribution is 9.11. The predicted molar refractivity (Wildman–Crippen MR) is 63.1 cm³/mol. The van der Waals surface area contributed by atoms with E-state index in [0.717, 1.165) is 13.1 Å². The van der Waals surface area contributed by atoms with Crippen LogP contribution >= 0.6 is 43.2 Å². The van der Waals surface area contributed by atoms with Crippen molar-refractivity contribution < 1.29 is 9.90 Å². The molecule has 1 aromatic rings. The van der Waals surface area contributed by atoms with Gasteiger partial charge in [-0.1, -0.05) is 0 Å². The molecule has 0 aliphatic rings. The number of halogens is 2. The highest BCUT2D eigenvalue weighted by Gasteiger charge is 2.08. The van der Waals surface area contributed by atoms with Gasteiger partial charge in [0.05, 0.1) is 14.4 Å². The lowest BCUT2D eigenvalue weighted by Crippen LogP contribution is -2.15. The number of carbonyl (C=O) groups is 1. The van der Waals surface area contributed by atoms with Gasteiger partial charge in [0.1, 0.15) is 0 Å². The summed E-state index contributed by atoms with van der Waals surface area (Å²) in [4.78, 5) is 11.1. The van der Waals surface area contributed by atoms with E-state index in [4.69, 9.17) is 5.11 Å². The molecule has 1 rings (SSSR count). The average molecular weight is 342 g/mol. The Bertz CT molecular complexity index is 389. The fourth-order valence-electron chi connectivity index (χ4n) is 0.770. The van der Waals surface area contributed by atoms with Gasteiger partial charge in [-0.3, -0.25) is 0 Å². The molecule has 0 aliphatic heterocycles. The molecule has 0 spiro atoms. The third-order valence-corrected chi connectivity index (χ3v) is 3.94. The maximum atomic E-state index is 10.2. The maximum Gasteiger partial charge on any atom is 0.425 e. The summed E-state index contributed by atoms with van der Waals surface area (Å²) in [5, 5.41) is 12.0. The Morgan fingerprint density at radius 1 is 1.64 bits per heavy atom. The quantitative estimate of drug-likeness (QED) is 0.640. The smallest absolute Gasteiger partial charge is 0.425 e. The monoisotopic (exact) mass is 340 g/mol. The first-order chi connectivity index (χ1) is 6.50. The highest BCUT2D eigenvalue weighted by Crippen LogP contribution is 2.31. The third-order valence-electron chi connectivity index (χ3n) is 1.30. The lowest BCUT2D eigenvalue weighted by molar-refractivity contribution is 0.195. The standard InChI is InChI=1S/C7H6Br2N2O2S/c1-3(10-11-7(12)13)6-4(8)2-5(9)14-6/h2,11H,1H3,(H,12,13)/b10-3+. The van der Waals surface area contributed by atoms with Gasteiger partial charge in [-0.15, -0.1) is 11.3 Å². The summed E-state index contributed by atoms with van der Waals surface area (Å²) in [6.07, 6.45) is -1.17.